The van der Waals surface area contributed by atoms with Gasteiger partial charge in [0.05, 0.1) is 7.11 Å². The highest BCUT2D eigenvalue weighted by Crippen LogP contribution is 2.22. The van der Waals surface area contributed by atoms with Gasteiger partial charge in [-0.2, -0.15) is 0 Å². The SMILES string of the molecule is CN=C(NCc1cc(OC)ccc1O)NC(C)C(C)c1ccccc1. The monoisotopic (exact) mass is 341 g/mol. The molecule has 5 nitrogen and oxygen atoms in total. The molecule has 0 radical (unpaired) electrons. The van der Waals surface area contributed by atoms with Crippen LogP contribution in [0.3, 0.4) is 0 Å². The van der Waals surface area contributed by atoms with Crippen LogP contribution in [-0.4, -0.2) is 31.3 Å². The zero-order chi connectivity index (χ0) is 18.2. The lowest BCUT2D eigenvalue weighted by Gasteiger charge is -2.24. The number of phenolic OH excluding ortho intramolecular Hbond substituents is 1. The van der Waals surface area contributed by atoms with Gasteiger partial charge in [-0.05, 0) is 30.7 Å². The Kier molecular flexibility index (Phi) is 6.69. The first-order valence-corrected chi connectivity index (χ1v) is 8.43. The van der Waals surface area contributed by atoms with E-state index in [4.69, 9.17) is 4.74 Å². The summed E-state index contributed by atoms with van der Waals surface area (Å²) in [6.07, 6.45) is 0. The van der Waals surface area contributed by atoms with Crippen molar-refractivity contribution >= 4 is 5.96 Å². The maximum absolute atomic E-state index is 9.98. The molecular formula is C20H27N3O2. The molecule has 2 aromatic carbocycles. The highest BCUT2D eigenvalue weighted by atomic mass is 16.5. The fourth-order valence-electron chi connectivity index (χ4n) is 2.59. The third-order valence-corrected chi connectivity index (χ3v) is 4.40. The first-order chi connectivity index (χ1) is 12.0. The summed E-state index contributed by atoms with van der Waals surface area (Å²) in [6.45, 7) is 4.77. The van der Waals surface area contributed by atoms with Crippen molar-refractivity contribution in [2.24, 2.45) is 4.99 Å². The zero-order valence-electron chi connectivity index (χ0n) is 15.3. The molecule has 0 fully saturated rings. The van der Waals surface area contributed by atoms with Crippen LogP contribution in [0.1, 0.15) is 30.9 Å². The van der Waals surface area contributed by atoms with Gasteiger partial charge in [0.15, 0.2) is 5.96 Å². The quantitative estimate of drug-likeness (QED) is 0.557. The van der Waals surface area contributed by atoms with Gasteiger partial charge < -0.3 is 20.5 Å². The van der Waals surface area contributed by atoms with E-state index in [-0.39, 0.29) is 11.8 Å². The second-order valence-corrected chi connectivity index (χ2v) is 6.05. The van der Waals surface area contributed by atoms with Gasteiger partial charge in [0.25, 0.3) is 0 Å². The van der Waals surface area contributed by atoms with Gasteiger partial charge in [-0.25, -0.2) is 0 Å². The van der Waals surface area contributed by atoms with E-state index >= 15 is 0 Å². The van der Waals surface area contributed by atoms with Gasteiger partial charge in [-0.3, -0.25) is 4.99 Å². The molecule has 0 aliphatic heterocycles. The molecule has 0 aromatic heterocycles. The van der Waals surface area contributed by atoms with E-state index in [1.54, 1.807) is 26.3 Å². The zero-order valence-corrected chi connectivity index (χ0v) is 15.3. The van der Waals surface area contributed by atoms with Gasteiger partial charge in [-0.15, -0.1) is 0 Å². The van der Waals surface area contributed by atoms with Crippen LogP contribution in [0.4, 0.5) is 0 Å². The van der Waals surface area contributed by atoms with E-state index < -0.39 is 0 Å². The summed E-state index contributed by atoms with van der Waals surface area (Å²) in [5, 5.41) is 16.6. The Morgan fingerprint density at radius 1 is 1.16 bits per heavy atom. The van der Waals surface area contributed by atoms with Gasteiger partial charge in [-0.1, -0.05) is 37.3 Å². The summed E-state index contributed by atoms with van der Waals surface area (Å²) < 4.78 is 5.20. The molecule has 0 aliphatic carbocycles. The molecule has 25 heavy (non-hydrogen) atoms. The minimum Gasteiger partial charge on any atom is -0.508 e. The fourth-order valence-corrected chi connectivity index (χ4v) is 2.59. The molecule has 0 spiro atoms. The predicted molar refractivity (Wildman–Crippen MR) is 102 cm³/mol. The second-order valence-electron chi connectivity index (χ2n) is 6.05. The Hall–Kier alpha value is -2.69. The van der Waals surface area contributed by atoms with Crippen LogP contribution >= 0.6 is 0 Å². The minimum atomic E-state index is 0.201. The van der Waals surface area contributed by atoms with Gasteiger partial charge in [0.2, 0.25) is 0 Å². The second kappa shape index (κ2) is 8.97. The molecule has 2 unspecified atom stereocenters. The number of benzene rings is 2. The highest BCUT2D eigenvalue weighted by Gasteiger charge is 2.15. The van der Waals surface area contributed by atoms with E-state index in [0.29, 0.717) is 24.2 Å². The van der Waals surface area contributed by atoms with E-state index in [0.717, 1.165) is 5.56 Å². The number of methoxy groups -OCH3 is 1. The van der Waals surface area contributed by atoms with E-state index in [2.05, 4.69) is 53.7 Å². The van der Waals surface area contributed by atoms with Gasteiger partial charge in [0.1, 0.15) is 11.5 Å². The number of hydrogen-bond acceptors (Lipinski definition) is 3. The van der Waals surface area contributed by atoms with E-state index in [9.17, 15) is 5.11 Å². The number of phenols is 1. The summed E-state index contributed by atoms with van der Waals surface area (Å²) in [5.41, 5.74) is 2.04. The predicted octanol–water partition coefficient (Wildman–Crippen LogP) is 3.26. The standard InChI is InChI=1S/C20H27N3O2/c1-14(16-8-6-5-7-9-16)15(2)23-20(21-3)22-13-17-12-18(25-4)10-11-19(17)24/h5-12,14-15,24H,13H2,1-4H3,(H2,21,22,23). The molecule has 0 amide bonds. The topological polar surface area (TPSA) is 65.9 Å². The number of hydrogen-bond donors (Lipinski definition) is 3. The third kappa shape index (κ3) is 5.14. The van der Waals surface area contributed by atoms with Crippen LogP contribution in [0.5, 0.6) is 11.5 Å². The normalized spacial score (nSPS) is 13.8. The Balaban J connectivity index is 1.97. The molecule has 0 saturated carbocycles. The molecule has 0 aliphatic rings. The van der Waals surface area contributed by atoms with Crippen LogP contribution in [0.15, 0.2) is 53.5 Å². The van der Waals surface area contributed by atoms with Crippen LogP contribution in [0.2, 0.25) is 0 Å². The summed E-state index contributed by atoms with van der Waals surface area (Å²) in [7, 11) is 3.34. The molecule has 5 heteroatoms. The molecule has 2 aromatic rings. The maximum atomic E-state index is 9.98. The molecule has 0 heterocycles. The molecule has 2 atom stereocenters. The first-order valence-electron chi connectivity index (χ1n) is 8.43. The molecule has 3 N–H and O–H groups in total. The number of aromatic hydroxyl groups is 1. The van der Waals surface area contributed by atoms with Crippen LogP contribution < -0.4 is 15.4 Å². The molecule has 2 rings (SSSR count). The number of guanidine groups is 1. The lowest BCUT2D eigenvalue weighted by atomic mass is 9.94. The smallest absolute Gasteiger partial charge is 0.191 e. The molecule has 134 valence electrons. The van der Waals surface area contributed by atoms with Crippen molar-refractivity contribution < 1.29 is 9.84 Å². The first kappa shape index (κ1) is 18.6. The number of nitrogens with zero attached hydrogens (tertiary/aromatic N) is 1. The maximum Gasteiger partial charge on any atom is 0.191 e. The van der Waals surface area contributed by atoms with Crippen molar-refractivity contribution in [1.82, 2.24) is 10.6 Å². The van der Waals surface area contributed by atoms with Crippen LogP contribution in [0, 0.1) is 0 Å². The van der Waals surface area contributed by atoms with Crippen molar-refractivity contribution in [2.75, 3.05) is 14.2 Å². The number of nitrogens with one attached hydrogen (secondary N) is 2. The molecule has 0 bridgehead atoms. The molecule has 0 saturated heterocycles. The highest BCUT2D eigenvalue weighted by molar-refractivity contribution is 5.80. The van der Waals surface area contributed by atoms with Crippen LogP contribution in [0.25, 0.3) is 0 Å². The average molecular weight is 341 g/mol. The van der Waals surface area contributed by atoms with Crippen LogP contribution in [-0.2, 0) is 6.54 Å². The summed E-state index contributed by atoms with van der Waals surface area (Å²) >= 11 is 0. The van der Waals surface area contributed by atoms with E-state index in [1.807, 2.05) is 12.1 Å². The largest absolute Gasteiger partial charge is 0.508 e. The Morgan fingerprint density at radius 3 is 2.52 bits per heavy atom. The Labute approximate surface area is 149 Å². The lowest BCUT2D eigenvalue weighted by Crippen LogP contribution is -2.43. The van der Waals surface area contributed by atoms with Gasteiger partial charge >= 0.3 is 0 Å². The van der Waals surface area contributed by atoms with Crippen molar-refractivity contribution in [3.8, 4) is 11.5 Å². The van der Waals surface area contributed by atoms with E-state index in [1.165, 1.54) is 5.56 Å². The van der Waals surface area contributed by atoms with Gasteiger partial charge in [0, 0.05) is 31.1 Å². The summed E-state index contributed by atoms with van der Waals surface area (Å²) in [5.74, 6) is 1.97. The summed E-state index contributed by atoms with van der Waals surface area (Å²) in [4.78, 5) is 4.27. The number of rotatable bonds is 6. The summed E-state index contributed by atoms with van der Waals surface area (Å²) in [6, 6.07) is 15.8. The van der Waals surface area contributed by atoms with Crippen molar-refractivity contribution in [2.45, 2.75) is 32.4 Å². The number of ether oxygens (including phenoxy) is 1. The lowest BCUT2D eigenvalue weighted by molar-refractivity contribution is 0.410. The Bertz CT molecular complexity index is 701. The third-order valence-electron chi connectivity index (χ3n) is 4.40. The average Bonchev–Trinajstić information content (AvgIpc) is 2.66. The minimum absolute atomic E-state index is 0.201. The van der Waals surface area contributed by atoms with Crippen molar-refractivity contribution in [3.05, 3.63) is 59.7 Å². The van der Waals surface area contributed by atoms with Crippen molar-refractivity contribution in [1.29, 1.82) is 0 Å². The Morgan fingerprint density at radius 2 is 1.88 bits per heavy atom. The number of aliphatic imine (C=N–C) groups is 1. The van der Waals surface area contributed by atoms with Crippen molar-refractivity contribution in [3.63, 3.8) is 0 Å². The fraction of sp³-hybridized carbons (Fsp3) is 0.350. The molecular weight excluding hydrogens is 314 g/mol.